The predicted molar refractivity (Wildman–Crippen MR) is 237 cm³/mol. The fourth-order valence-corrected chi connectivity index (χ4v) is 5.56. The molecule has 0 amide bonds. The SMILES string of the molecule is CCCCCCCCC(CCCCCC)[C](O)([SbH2])CCCCCCCC.CC[S+](C)C.CC[S+](C)C.O=N[O-].O=N[O-].O=N[O-].O=N[O-].O=N[O-].O=N[O-].[H-].[Li+]. The molecule has 0 aromatic carbocycles. The summed E-state index contributed by atoms with van der Waals surface area (Å²) in [5.41, 5.74) is 0. The van der Waals surface area contributed by atoms with E-state index in [4.69, 9.17) is 60.7 Å². The number of rotatable bonds is 22. The predicted octanol–water partition coefficient (Wildman–Crippen LogP) is 7.78. The van der Waals surface area contributed by atoms with Crippen molar-refractivity contribution in [3.8, 4) is 0 Å². The van der Waals surface area contributed by atoms with Crippen molar-refractivity contribution in [3.63, 3.8) is 0 Å². The van der Waals surface area contributed by atoms with Crippen LogP contribution in [0.25, 0.3) is 0 Å². The van der Waals surface area contributed by atoms with Gasteiger partial charge >= 0.3 is 199 Å². The van der Waals surface area contributed by atoms with Gasteiger partial charge in [-0.05, 0) is 35.6 Å². The molecule has 1 N–H and O–H groups in total. The molecular formula is C32H74LiN6O13S2Sb-4. The Morgan fingerprint density at radius 3 is 0.891 bits per heavy atom. The van der Waals surface area contributed by atoms with Crippen LogP contribution in [0, 0.1) is 66.6 Å². The molecule has 0 saturated heterocycles. The van der Waals surface area contributed by atoms with Crippen LogP contribution in [0.2, 0.25) is 0 Å². The molecule has 0 bridgehead atoms. The van der Waals surface area contributed by atoms with Gasteiger partial charge in [-0.2, -0.15) is 0 Å². The quantitative estimate of drug-likeness (QED) is 0.0356. The zero-order valence-electron chi connectivity index (χ0n) is 36.3. The summed E-state index contributed by atoms with van der Waals surface area (Å²) in [4.78, 5) is 48.0. The molecule has 0 saturated carbocycles. The van der Waals surface area contributed by atoms with Crippen LogP contribution in [-0.4, -0.2) is 68.2 Å². The van der Waals surface area contributed by atoms with Gasteiger partial charge in [-0.25, -0.2) is 0 Å². The first-order valence-electron chi connectivity index (χ1n) is 17.9. The van der Waals surface area contributed by atoms with E-state index < -0.39 is 0 Å². The maximum atomic E-state index is 11.2. The average molecular weight is 944 g/mol. The number of hydrogen-bond donors (Lipinski definition) is 1. The first-order valence-corrected chi connectivity index (χ1v) is 24.0. The second-order valence-electron chi connectivity index (χ2n) is 11.6. The van der Waals surface area contributed by atoms with E-state index in [-0.39, 0.29) is 23.8 Å². The van der Waals surface area contributed by atoms with Crippen molar-refractivity contribution >= 4 is 44.8 Å². The zero-order valence-corrected chi connectivity index (χ0v) is 40.3. The molecule has 0 aromatic heterocycles. The van der Waals surface area contributed by atoms with Crippen LogP contribution < -0.4 is 18.9 Å². The Morgan fingerprint density at radius 1 is 0.491 bits per heavy atom. The monoisotopic (exact) mass is 942 g/mol. The van der Waals surface area contributed by atoms with E-state index in [0.717, 1.165) is 61.5 Å². The molecule has 0 aromatic rings. The van der Waals surface area contributed by atoms with Crippen molar-refractivity contribution in [2.45, 2.75) is 160 Å². The van der Waals surface area contributed by atoms with Gasteiger partial charge in [0, 0.05) is 0 Å². The van der Waals surface area contributed by atoms with Crippen LogP contribution in [0.5, 0.6) is 0 Å². The van der Waals surface area contributed by atoms with Crippen LogP contribution in [0.15, 0.2) is 32.0 Å². The van der Waals surface area contributed by atoms with Gasteiger partial charge in [-0.15, -0.1) is 32.0 Å². The molecule has 19 nitrogen and oxygen atoms in total. The van der Waals surface area contributed by atoms with E-state index in [2.05, 4.69) is 59.6 Å². The van der Waals surface area contributed by atoms with Crippen molar-refractivity contribution in [1.82, 2.24) is 0 Å². The molecule has 2 atom stereocenters. The molecule has 0 fully saturated rings. The van der Waals surface area contributed by atoms with E-state index >= 15 is 0 Å². The Morgan fingerprint density at radius 2 is 0.673 bits per heavy atom. The Labute approximate surface area is 363 Å². The molecule has 0 spiro atoms. The summed E-state index contributed by atoms with van der Waals surface area (Å²) in [6.45, 7) is 11.3. The third kappa shape index (κ3) is 135. The first kappa shape index (κ1) is 77.9. The first-order chi connectivity index (χ1) is 25.6. The van der Waals surface area contributed by atoms with Crippen molar-refractivity contribution in [3.05, 3.63) is 60.7 Å². The Hall–Kier alpha value is -1.52. The van der Waals surface area contributed by atoms with Gasteiger partial charge in [0.05, 0.1) is 25.0 Å². The summed E-state index contributed by atoms with van der Waals surface area (Å²) in [6.07, 6.45) is 34.2. The minimum Gasteiger partial charge on any atom is -1.00 e. The summed E-state index contributed by atoms with van der Waals surface area (Å²) in [5, 5.41) is 65.2. The van der Waals surface area contributed by atoms with Crippen LogP contribution in [-0.2, 0) is 21.8 Å². The van der Waals surface area contributed by atoms with Crippen molar-refractivity contribution in [1.29, 1.82) is 0 Å². The van der Waals surface area contributed by atoms with Gasteiger partial charge in [0.15, 0.2) is 0 Å². The smallest absolute Gasteiger partial charge is 1.00 e. The number of nitrogens with zero attached hydrogens (tertiary/aromatic N) is 6. The molecule has 23 heteroatoms. The molecule has 0 heterocycles. The van der Waals surface area contributed by atoms with Crippen LogP contribution in [0.4, 0.5) is 0 Å². The summed E-state index contributed by atoms with van der Waals surface area (Å²) < 4.78 is -0.314. The van der Waals surface area contributed by atoms with Crippen LogP contribution in [0.3, 0.4) is 0 Å². The molecule has 0 aliphatic carbocycles. The van der Waals surface area contributed by atoms with Crippen molar-refractivity contribution in [2.24, 2.45) is 38.0 Å². The number of unbranched alkanes of at least 4 members (excludes halogenated alkanes) is 13. The molecule has 332 valence electrons. The van der Waals surface area contributed by atoms with Gasteiger partial charge < -0.3 is 62.1 Å². The summed E-state index contributed by atoms with van der Waals surface area (Å²) in [7, 11) is 1.35. The van der Waals surface area contributed by atoms with E-state index in [1.54, 1.807) is 0 Å². The Bertz CT molecular complexity index is 647. The minimum absolute atomic E-state index is 0. The minimum atomic E-state index is -0.314. The van der Waals surface area contributed by atoms with E-state index in [9.17, 15) is 5.11 Å². The fourth-order valence-electron chi connectivity index (χ4n) is 4.03. The molecule has 0 rings (SSSR count). The number of aliphatic hydroxyl groups is 1. The third-order valence-electron chi connectivity index (χ3n) is 7.10. The fraction of sp³-hybridized carbons (Fsp3) is 1.00. The van der Waals surface area contributed by atoms with Crippen molar-refractivity contribution < 1.29 is 25.4 Å². The van der Waals surface area contributed by atoms with Gasteiger partial charge in [0.2, 0.25) is 0 Å². The maximum Gasteiger partial charge on any atom is 1.00 e. The average Bonchev–Trinajstić information content (AvgIpc) is 3.11. The van der Waals surface area contributed by atoms with E-state index in [0.29, 0.717) is 27.7 Å². The zero-order chi connectivity index (χ0) is 44.3. The Balaban J connectivity index is -0.0000000608. The standard InChI is InChI=1S/C24H49O.2C4H11S.Li.6HNO2.Sb.3H/c1-4-7-10-13-15-18-21-23(20-17-12-9-6-3)24(25)22-19-16-14-11-8-5-2;2*1-4-5(2)3;;6*2-1-3;;;;/h23,25H,4-22H2,1-3H3;2*4H2,1-3H3;;6*(H,2,3);;;;/q;3*+1;;;;;;;;;;-1/p-6. The van der Waals surface area contributed by atoms with Crippen LogP contribution in [0.1, 0.15) is 158 Å². The summed E-state index contributed by atoms with van der Waals surface area (Å²) >= 11 is 1.02. The Kier molecular flexibility index (Phi) is 120. The third-order valence-corrected chi connectivity index (χ3v) is 11.6. The van der Waals surface area contributed by atoms with E-state index in [1.807, 2.05) is 0 Å². The van der Waals surface area contributed by atoms with Gasteiger partial charge in [0.25, 0.3) is 0 Å². The molecule has 55 heavy (non-hydrogen) atoms. The van der Waals surface area contributed by atoms with Crippen LogP contribution >= 0.6 is 0 Å². The normalized spacial score (nSPS) is 10.2. The second-order valence-corrected chi connectivity index (χ2v) is 19.6. The van der Waals surface area contributed by atoms with Crippen molar-refractivity contribution in [2.75, 3.05) is 36.5 Å². The van der Waals surface area contributed by atoms with E-state index in [1.165, 1.54) is 127 Å². The van der Waals surface area contributed by atoms with Gasteiger partial charge in [-0.3, -0.25) is 0 Å². The molecule has 0 radical (unpaired) electrons. The molecule has 0 aliphatic rings. The molecule has 2 unspecified atom stereocenters. The van der Waals surface area contributed by atoms with Gasteiger partial charge in [-0.1, -0.05) is 0 Å². The second kappa shape index (κ2) is 84.9. The topological polar surface area (TPSA) is 335 Å². The molecule has 0 aliphatic heterocycles. The maximum absolute atomic E-state index is 11.2. The largest absolute Gasteiger partial charge is 1.00 e. The summed E-state index contributed by atoms with van der Waals surface area (Å²) in [5.74, 6) is 3.24. The number of hydrogen-bond acceptors (Lipinski definition) is 19. The molecular weight excluding hydrogens is 869 g/mol. The summed E-state index contributed by atoms with van der Waals surface area (Å²) in [6, 6.07) is 0. The van der Waals surface area contributed by atoms with Gasteiger partial charge in [0.1, 0.15) is 11.5 Å².